The molecule has 2 amide bonds. The number of amides is 2. The van der Waals surface area contributed by atoms with Crippen LogP contribution in [0.25, 0.3) is 0 Å². The van der Waals surface area contributed by atoms with Crippen molar-refractivity contribution in [3.05, 3.63) is 59.7 Å². The van der Waals surface area contributed by atoms with Crippen molar-refractivity contribution in [1.29, 1.82) is 0 Å². The lowest BCUT2D eigenvalue weighted by atomic mass is 9.96. The molecule has 15 heteroatoms. The van der Waals surface area contributed by atoms with Crippen LogP contribution in [-0.4, -0.2) is 129 Å². The van der Waals surface area contributed by atoms with E-state index in [1.807, 2.05) is 0 Å². The molecule has 2 aliphatic rings. The zero-order valence-corrected chi connectivity index (χ0v) is 24.2. The highest BCUT2D eigenvalue weighted by Gasteiger charge is 2.50. The third-order valence-electron chi connectivity index (χ3n) is 7.30. The summed E-state index contributed by atoms with van der Waals surface area (Å²) in [6, 6.07) is 9.80. The number of ether oxygens (including phenoxy) is 4. The Morgan fingerprint density at radius 2 is 1.12 bits per heavy atom. The smallest absolute Gasteiger partial charge is 0.251 e. The fourth-order valence-electron chi connectivity index (χ4n) is 4.87. The number of carbonyl (C=O) groups is 2. The Morgan fingerprint density at radius 3 is 1.47 bits per heavy atom. The van der Waals surface area contributed by atoms with E-state index in [9.17, 15) is 40.2 Å². The van der Waals surface area contributed by atoms with Crippen LogP contribution in [0, 0.1) is 0 Å². The summed E-state index contributed by atoms with van der Waals surface area (Å²) in [6.07, 6.45) is -8.63. The van der Waals surface area contributed by atoms with Crippen molar-refractivity contribution in [2.24, 2.45) is 0 Å². The second-order valence-corrected chi connectivity index (χ2v) is 11.2. The number of nitrogens with one attached hydrogen (secondary N) is 2. The summed E-state index contributed by atoms with van der Waals surface area (Å²) in [4.78, 5) is 25.9. The standard InChI is InChI=1S/C28H36N2O12S/c1-39-15-7-3-5-13(9-15)25(37)29-19-21(33)17(11-31)41-27(23(19)35)43-28-24(36)20(22(34)18(12-32)42-28)30-26(38)14-6-4-8-16(10-14)40-2/h3-10,17-24,27-28,31-36H,11-12H2,1-2H3,(H,29,37)(H,30,38)/t17?,18?,19-,20?,21-,22-,23?,24+,27-,28-/m0/s1. The molecule has 0 aliphatic carbocycles. The maximum atomic E-state index is 13.0. The Kier molecular flexibility index (Phi) is 11.2. The molecule has 2 heterocycles. The van der Waals surface area contributed by atoms with Crippen molar-refractivity contribution >= 4 is 23.6 Å². The van der Waals surface area contributed by atoms with E-state index in [4.69, 9.17) is 18.9 Å². The van der Waals surface area contributed by atoms with E-state index < -0.39 is 84.6 Å². The minimum Gasteiger partial charge on any atom is -0.497 e. The fraction of sp³-hybridized carbons (Fsp3) is 0.500. The predicted molar refractivity (Wildman–Crippen MR) is 152 cm³/mol. The quantitative estimate of drug-likeness (QED) is 0.147. The molecule has 10 atom stereocenters. The Balaban J connectivity index is 1.51. The van der Waals surface area contributed by atoms with Crippen LogP contribution in [0.2, 0.25) is 0 Å². The lowest BCUT2D eigenvalue weighted by Gasteiger charge is -2.46. The third kappa shape index (κ3) is 7.39. The first-order valence-electron chi connectivity index (χ1n) is 13.4. The van der Waals surface area contributed by atoms with Gasteiger partial charge in [0, 0.05) is 11.1 Å². The summed E-state index contributed by atoms with van der Waals surface area (Å²) in [5, 5.41) is 68.7. The number of thioether (sulfide) groups is 1. The van der Waals surface area contributed by atoms with Gasteiger partial charge in [-0.05, 0) is 36.4 Å². The van der Waals surface area contributed by atoms with Crippen molar-refractivity contribution in [3.8, 4) is 11.5 Å². The molecule has 2 saturated heterocycles. The Labute approximate surface area is 251 Å². The number of hydrogen-bond acceptors (Lipinski definition) is 13. The largest absolute Gasteiger partial charge is 0.497 e. The van der Waals surface area contributed by atoms with Gasteiger partial charge in [-0.2, -0.15) is 0 Å². The maximum absolute atomic E-state index is 13.0. The lowest BCUT2D eigenvalue weighted by molar-refractivity contribution is -0.175. The molecule has 0 radical (unpaired) electrons. The molecule has 2 fully saturated rings. The number of carbonyl (C=O) groups excluding carboxylic acids is 2. The van der Waals surface area contributed by atoms with E-state index >= 15 is 0 Å². The molecular formula is C28H36N2O12S. The first kappa shape index (κ1) is 32.9. The highest BCUT2D eigenvalue weighted by atomic mass is 32.2. The van der Waals surface area contributed by atoms with Crippen molar-refractivity contribution < 1.29 is 59.2 Å². The van der Waals surface area contributed by atoms with Gasteiger partial charge in [-0.3, -0.25) is 9.59 Å². The molecule has 43 heavy (non-hydrogen) atoms. The van der Waals surface area contributed by atoms with Gasteiger partial charge in [0.15, 0.2) is 0 Å². The summed E-state index contributed by atoms with van der Waals surface area (Å²) in [5.74, 6) is -0.442. The van der Waals surface area contributed by atoms with E-state index in [0.29, 0.717) is 11.5 Å². The zero-order valence-electron chi connectivity index (χ0n) is 23.3. The SMILES string of the molecule is COc1cccc(C(=O)NC2[C@@H](O)C(CO)O[C@@H](S[C@@H]3OC(CO)[C@H](O)[C@H](NC(=O)c4cccc(OC)c4)C3O)[C@@H]2O)c1. The second-order valence-electron chi connectivity index (χ2n) is 10.0. The van der Waals surface area contributed by atoms with Gasteiger partial charge in [-0.1, -0.05) is 23.9 Å². The van der Waals surface area contributed by atoms with Crippen LogP contribution < -0.4 is 20.1 Å². The topological polar surface area (TPSA) is 216 Å². The maximum Gasteiger partial charge on any atom is 0.251 e. The molecule has 0 bridgehead atoms. The first-order chi connectivity index (χ1) is 20.6. The van der Waals surface area contributed by atoms with Gasteiger partial charge in [0.2, 0.25) is 0 Å². The fourth-order valence-corrected chi connectivity index (χ4v) is 6.21. The molecule has 236 valence electrons. The summed E-state index contributed by atoms with van der Waals surface area (Å²) in [6.45, 7) is -1.33. The number of benzene rings is 2. The molecule has 8 N–H and O–H groups in total. The van der Waals surface area contributed by atoms with Crippen LogP contribution in [0.1, 0.15) is 20.7 Å². The average molecular weight is 625 g/mol. The van der Waals surface area contributed by atoms with Gasteiger partial charge < -0.3 is 60.2 Å². The average Bonchev–Trinajstić information content (AvgIpc) is 3.03. The number of rotatable bonds is 10. The normalized spacial score (nSPS) is 32.5. The number of aliphatic hydroxyl groups excluding tert-OH is 6. The lowest BCUT2D eigenvalue weighted by Crippen LogP contribution is -2.66. The number of hydrogen-bond donors (Lipinski definition) is 8. The van der Waals surface area contributed by atoms with Crippen LogP contribution in [0.15, 0.2) is 48.5 Å². The Hall–Kier alpha value is -2.99. The van der Waals surface area contributed by atoms with Crippen molar-refractivity contribution in [3.63, 3.8) is 0 Å². The first-order valence-corrected chi connectivity index (χ1v) is 14.4. The third-order valence-corrected chi connectivity index (χ3v) is 8.61. The Bertz CT molecular complexity index is 1160. The molecule has 2 aromatic rings. The number of methoxy groups -OCH3 is 2. The molecular weight excluding hydrogens is 588 g/mol. The number of aliphatic hydroxyl groups is 6. The van der Waals surface area contributed by atoms with E-state index in [1.165, 1.54) is 38.5 Å². The van der Waals surface area contributed by atoms with Gasteiger partial charge in [-0.15, -0.1) is 0 Å². The molecule has 14 nitrogen and oxygen atoms in total. The molecule has 0 saturated carbocycles. The van der Waals surface area contributed by atoms with Gasteiger partial charge in [-0.25, -0.2) is 0 Å². The van der Waals surface area contributed by atoms with E-state index in [0.717, 1.165) is 11.8 Å². The molecule has 0 aromatic heterocycles. The van der Waals surface area contributed by atoms with Crippen molar-refractivity contribution in [2.45, 2.75) is 59.6 Å². The minimum absolute atomic E-state index is 0.190. The van der Waals surface area contributed by atoms with Gasteiger partial charge in [0.1, 0.15) is 59.0 Å². The molecule has 2 aliphatic heterocycles. The predicted octanol–water partition coefficient (Wildman–Crippen LogP) is -1.79. The van der Waals surface area contributed by atoms with E-state index in [1.54, 1.807) is 24.3 Å². The summed E-state index contributed by atoms with van der Waals surface area (Å²) >= 11 is 0.734. The summed E-state index contributed by atoms with van der Waals surface area (Å²) in [5.41, 5.74) is -2.17. The summed E-state index contributed by atoms with van der Waals surface area (Å²) < 4.78 is 21.7. The summed E-state index contributed by atoms with van der Waals surface area (Å²) in [7, 11) is 2.88. The highest BCUT2D eigenvalue weighted by Crippen LogP contribution is 2.37. The van der Waals surface area contributed by atoms with Gasteiger partial charge in [0.25, 0.3) is 11.8 Å². The van der Waals surface area contributed by atoms with Gasteiger partial charge in [0.05, 0.1) is 39.5 Å². The van der Waals surface area contributed by atoms with E-state index in [-0.39, 0.29) is 11.1 Å². The van der Waals surface area contributed by atoms with Crippen LogP contribution in [0.5, 0.6) is 11.5 Å². The monoisotopic (exact) mass is 624 g/mol. The van der Waals surface area contributed by atoms with Crippen molar-refractivity contribution in [2.75, 3.05) is 27.4 Å². The molecule has 4 rings (SSSR count). The highest BCUT2D eigenvalue weighted by molar-refractivity contribution is 8.00. The molecule has 4 unspecified atom stereocenters. The molecule has 0 spiro atoms. The Morgan fingerprint density at radius 1 is 0.721 bits per heavy atom. The molecule has 2 aromatic carbocycles. The van der Waals surface area contributed by atoms with Crippen molar-refractivity contribution in [1.82, 2.24) is 10.6 Å². The zero-order chi connectivity index (χ0) is 31.3. The van der Waals surface area contributed by atoms with Crippen LogP contribution >= 0.6 is 11.8 Å². The van der Waals surface area contributed by atoms with Gasteiger partial charge >= 0.3 is 0 Å². The minimum atomic E-state index is -1.57. The van der Waals surface area contributed by atoms with E-state index in [2.05, 4.69) is 10.6 Å². The second kappa shape index (κ2) is 14.7. The van der Waals surface area contributed by atoms with Crippen LogP contribution in [-0.2, 0) is 9.47 Å². The van der Waals surface area contributed by atoms with Crippen LogP contribution in [0.4, 0.5) is 0 Å². The van der Waals surface area contributed by atoms with Crippen LogP contribution in [0.3, 0.4) is 0 Å².